The Morgan fingerprint density at radius 1 is 1.12 bits per heavy atom. The quantitative estimate of drug-likeness (QED) is 0.299. The first-order valence-electron chi connectivity index (χ1n) is 4.39. The first kappa shape index (κ1) is 11.1. The molecular weight excluding hydrogens is 240 g/mol. The van der Waals surface area contributed by atoms with Gasteiger partial charge in [0.1, 0.15) is 19.0 Å². The number of nitrogens with one attached hydrogen (secondary N) is 4. The molecule has 0 radical (unpaired) electrons. The highest BCUT2D eigenvalue weighted by Crippen LogP contribution is 2.16. The van der Waals surface area contributed by atoms with Gasteiger partial charge in [0.05, 0.1) is 0 Å². The molecule has 17 heavy (non-hydrogen) atoms. The Morgan fingerprint density at radius 2 is 1.53 bits per heavy atom. The van der Waals surface area contributed by atoms with Crippen LogP contribution in [0, 0.1) is 20.2 Å². The summed E-state index contributed by atoms with van der Waals surface area (Å²) in [5, 5.41) is 25.8. The van der Waals surface area contributed by atoms with E-state index < -0.39 is 28.4 Å². The Morgan fingerprint density at radius 3 is 1.88 bits per heavy atom. The molecule has 0 aliphatic carbocycles. The molecule has 2 fully saturated rings. The molecule has 94 valence electrons. The highest BCUT2D eigenvalue weighted by atomic mass is 16.7. The van der Waals surface area contributed by atoms with Crippen molar-refractivity contribution < 1.29 is 14.9 Å². The summed E-state index contributed by atoms with van der Waals surface area (Å²) in [4.78, 5) is 31.7. The zero-order valence-corrected chi connectivity index (χ0v) is 8.19. The second kappa shape index (κ2) is 3.87. The van der Waals surface area contributed by atoms with Gasteiger partial charge in [-0.05, 0) is 0 Å². The van der Waals surface area contributed by atoms with Crippen molar-refractivity contribution in [1.29, 1.82) is 0 Å². The third kappa shape index (κ3) is 2.08. The number of hydrogen-bond donors (Lipinski definition) is 4. The Bertz CT molecular complexity index is 341. The zero-order chi connectivity index (χ0) is 12.6. The predicted molar refractivity (Wildman–Crippen MR) is 48.0 cm³/mol. The van der Waals surface area contributed by atoms with Crippen LogP contribution in [-0.2, 0) is 0 Å². The third-order valence-corrected chi connectivity index (χ3v) is 2.25. The molecule has 2 saturated heterocycles. The monoisotopic (exact) mass is 248 g/mol. The Balaban J connectivity index is 2.09. The maximum absolute atomic E-state index is 11.0. The molecule has 2 atom stereocenters. The van der Waals surface area contributed by atoms with Gasteiger partial charge < -0.3 is 10.6 Å². The number of carbonyl (C=O) groups is 1. The molecule has 2 aliphatic rings. The number of amides is 2. The summed E-state index contributed by atoms with van der Waals surface area (Å²) < 4.78 is 0. The van der Waals surface area contributed by atoms with E-state index in [-0.39, 0.29) is 6.67 Å². The lowest BCUT2D eigenvalue weighted by Gasteiger charge is -2.15. The summed E-state index contributed by atoms with van der Waals surface area (Å²) in [5.41, 5.74) is 3.67. The van der Waals surface area contributed by atoms with Crippen molar-refractivity contribution in [2.45, 2.75) is 12.3 Å². The van der Waals surface area contributed by atoms with E-state index >= 15 is 0 Å². The molecule has 13 nitrogen and oxygen atoms in total. The van der Waals surface area contributed by atoms with Crippen molar-refractivity contribution in [1.82, 2.24) is 31.7 Å². The average molecular weight is 248 g/mol. The number of hydrazine groups is 4. The van der Waals surface area contributed by atoms with Gasteiger partial charge in [-0.25, -0.2) is 25.0 Å². The van der Waals surface area contributed by atoms with Crippen LogP contribution in [0.25, 0.3) is 0 Å². The lowest BCUT2D eigenvalue weighted by molar-refractivity contribution is -0.588. The molecule has 2 amide bonds. The molecule has 2 aliphatic heterocycles. The van der Waals surface area contributed by atoms with Gasteiger partial charge in [-0.2, -0.15) is 0 Å². The highest BCUT2D eigenvalue weighted by Gasteiger charge is 2.50. The van der Waals surface area contributed by atoms with Crippen LogP contribution in [0.15, 0.2) is 0 Å². The van der Waals surface area contributed by atoms with Crippen LogP contribution < -0.4 is 21.7 Å². The number of carbonyl (C=O) groups excluding carboxylic acids is 1. The van der Waals surface area contributed by atoms with Gasteiger partial charge in [0.25, 0.3) is 0 Å². The van der Waals surface area contributed by atoms with Crippen LogP contribution in [0.5, 0.6) is 0 Å². The minimum atomic E-state index is -0.822. The van der Waals surface area contributed by atoms with Gasteiger partial charge in [-0.3, -0.25) is 0 Å². The molecule has 0 aromatic rings. The number of fused-ring (bicyclic) bond motifs is 1. The number of hydrogen-bond acceptors (Lipinski definition) is 7. The average Bonchev–Trinajstić information content (AvgIpc) is 2.67. The fourth-order valence-electron chi connectivity index (χ4n) is 1.70. The van der Waals surface area contributed by atoms with Crippen molar-refractivity contribution in [3.05, 3.63) is 20.2 Å². The van der Waals surface area contributed by atoms with E-state index in [9.17, 15) is 25.0 Å². The fourth-order valence-corrected chi connectivity index (χ4v) is 1.70. The first-order valence-corrected chi connectivity index (χ1v) is 4.39. The lowest BCUT2D eigenvalue weighted by Crippen LogP contribution is -2.51. The summed E-state index contributed by atoms with van der Waals surface area (Å²) in [5.74, 6) is 0. The minimum Gasteiger partial charge on any atom is -0.317 e. The fraction of sp³-hybridized carbons (Fsp3) is 0.750. The van der Waals surface area contributed by atoms with Crippen LogP contribution in [-0.4, -0.2) is 45.1 Å². The first-order chi connectivity index (χ1) is 7.97. The maximum atomic E-state index is 11.0. The Kier molecular flexibility index (Phi) is 2.52. The molecule has 0 saturated carbocycles. The molecular formula is C4H8N8O5. The van der Waals surface area contributed by atoms with Gasteiger partial charge in [0, 0.05) is 0 Å². The van der Waals surface area contributed by atoms with E-state index in [1.165, 1.54) is 0 Å². The van der Waals surface area contributed by atoms with E-state index in [1.807, 2.05) is 11.1 Å². The van der Waals surface area contributed by atoms with Crippen molar-refractivity contribution >= 4 is 6.03 Å². The number of nitrogens with zero attached hydrogens (tertiary/aromatic N) is 4. The maximum Gasteiger partial charge on any atom is 0.317 e. The number of rotatable bonds is 4. The van der Waals surface area contributed by atoms with E-state index in [4.69, 9.17) is 0 Å². The smallest absolute Gasteiger partial charge is 0.317 e. The summed E-state index contributed by atoms with van der Waals surface area (Å²) >= 11 is 0. The topological polar surface area (TPSA) is 158 Å². The highest BCUT2D eigenvalue weighted by molar-refractivity contribution is 5.77. The van der Waals surface area contributed by atoms with Crippen LogP contribution in [0.3, 0.4) is 0 Å². The number of urea groups is 1. The van der Waals surface area contributed by atoms with Crippen LogP contribution in [0.1, 0.15) is 0 Å². The normalized spacial score (nSPS) is 28.1. The lowest BCUT2D eigenvalue weighted by atomic mass is 10.4. The SMILES string of the molecule is O=C1NC2C(N1)N(N[N+](=O)[O-])CN2N[N+](=O)[O-]. The van der Waals surface area contributed by atoms with Crippen LogP contribution in [0.2, 0.25) is 0 Å². The Labute approximate surface area is 92.9 Å². The zero-order valence-electron chi connectivity index (χ0n) is 8.19. The van der Waals surface area contributed by atoms with Gasteiger partial charge in [0.15, 0.2) is 10.1 Å². The predicted octanol–water partition coefficient (Wildman–Crippen LogP) is -3.08. The Hall–Kier alpha value is -2.41. The van der Waals surface area contributed by atoms with Crippen molar-refractivity contribution in [3.8, 4) is 0 Å². The molecule has 2 rings (SSSR count). The third-order valence-electron chi connectivity index (χ3n) is 2.25. The van der Waals surface area contributed by atoms with Gasteiger partial charge in [-0.15, -0.1) is 10.0 Å². The summed E-state index contributed by atoms with van der Waals surface area (Å²) in [6.45, 7) is -0.162. The van der Waals surface area contributed by atoms with Gasteiger partial charge in [-0.1, -0.05) is 11.1 Å². The van der Waals surface area contributed by atoms with E-state index in [0.29, 0.717) is 0 Å². The second-order valence-corrected chi connectivity index (χ2v) is 3.30. The minimum absolute atomic E-state index is 0.162. The van der Waals surface area contributed by atoms with E-state index in [1.54, 1.807) is 0 Å². The standard InChI is InChI=1S/C4H8N8O5/c13-4-5-2-3(6-4)10(8-12(16)17)1-9(2)7-11(14)15/h2-3,7-8H,1H2,(H2,5,6,13). The molecule has 0 aromatic heterocycles. The molecule has 0 bridgehead atoms. The van der Waals surface area contributed by atoms with Crippen molar-refractivity contribution in [2.24, 2.45) is 0 Å². The molecule has 13 heteroatoms. The second-order valence-electron chi connectivity index (χ2n) is 3.30. The number of nitro groups is 2. The van der Waals surface area contributed by atoms with Crippen LogP contribution in [0.4, 0.5) is 4.79 Å². The molecule has 0 aromatic carbocycles. The van der Waals surface area contributed by atoms with Crippen molar-refractivity contribution in [3.63, 3.8) is 0 Å². The van der Waals surface area contributed by atoms with Gasteiger partial charge in [0.2, 0.25) is 0 Å². The largest absolute Gasteiger partial charge is 0.317 e. The molecule has 2 unspecified atom stereocenters. The summed E-state index contributed by atoms with van der Waals surface area (Å²) in [6, 6.07) is -0.565. The van der Waals surface area contributed by atoms with Crippen LogP contribution >= 0.6 is 0 Å². The van der Waals surface area contributed by atoms with Gasteiger partial charge >= 0.3 is 6.03 Å². The summed E-state index contributed by atoms with van der Waals surface area (Å²) in [6.07, 6.45) is -1.55. The van der Waals surface area contributed by atoms with E-state index in [2.05, 4.69) is 10.6 Å². The molecule has 4 N–H and O–H groups in total. The molecule has 2 heterocycles. The van der Waals surface area contributed by atoms with Crippen molar-refractivity contribution in [2.75, 3.05) is 6.67 Å². The molecule has 0 spiro atoms. The van der Waals surface area contributed by atoms with E-state index in [0.717, 1.165) is 10.0 Å². The summed E-state index contributed by atoms with van der Waals surface area (Å²) in [7, 11) is 0.